The number of rotatable bonds is 6. The van der Waals surface area contributed by atoms with Crippen LogP contribution in [0.4, 0.5) is 5.69 Å². The van der Waals surface area contributed by atoms with E-state index in [1.54, 1.807) is 0 Å². The molecule has 0 aliphatic carbocycles. The van der Waals surface area contributed by atoms with Crippen molar-refractivity contribution in [3.63, 3.8) is 0 Å². The third kappa shape index (κ3) is 4.82. The van der Waals surface area contributed by atoms with E-state index in [1.165, 1.54) is 12.8 Å². The Morgan fingerprint density at radius 3 is 2.64 bits per heavy atom. The van der Waals surface area contributed by atoms with Crippen molar-refractivity contribution in [1.82, 2.24) is 10.6 Å². The van der Waals surface area contributed by atoms with Gasteiger partial charge in [0.25, 0.3) is 0 Å². The molecule has 2 aliphatic rings. The van der Waals surface area contributed by atoms with E-state index in [9.17, 15) is 9.59 Å². The lowest BCUT2D eigenvalue weighted by Crippen LogP contribution is -2.30. The average Bonchev–Trinajstić information content (AvgIpc) is 3.07. The van der Waals surface area contributed by atoms with Gasteiger partial charge in [-0.1, -0.05) is 12.1 Å². The third-order valence-electron chi connectivity index (χ3n) is 5.39. The van der Waals surface area contributed by atoms with Gasteiger partial charge in [0.2, 0.25) is 11.8 Å². The Bertz CT molecular complexity index is 593. The highest BCUT2D eigenvalue weighted by molar-refractivity contribution is 5.95. The van der Waals surface area contributed by atoms with E-state index in [0.717, 1.165) is 43.7 Å². The van der Waals surface area contributed by atoms with Crippen molar-refractivity contribution in [3.8, 4) is 0 Å². The van der Waals surface area contributed by atoms with Gasteiger partial charge in [-0.15, -0.1) is 0 Å². The molecule has 0 spiro atoms. The fourth-order valence-electron chi connectivity index (χ4n) is 3.77. The predicted molar refractivity (Wildman–Crippen MR) is 99.4 cm³/mol. The van der Waals surface area contributed by atoms with E-state index in [1.807, 2.05) is 36.1 Å². The minimum absolute atomic E-state index is 0.0103. The maximum absolute atomic E-state index is 12.2. The Kier molecular flexibility index (Phi) is 6.08. The molecule has 136 valence electrons. The molecule has 0 radical (unpaired) electrons. The molecule has 1 unspecified atom stereocenters. The zero-order chi connectivity index (χ0) is 17.6. The van der Waals surface area contributed by atoms with E-state index in [4.69, 9.17) is 0 Å². The smallest absolute Gasteiger partial charge is 0.227 e. The third-order valence-corrected chi connectivity index (χ3v) is 5.39. The van der Waals surface area contributed by atoms with Crippen LogP contribution in [-0.2, 0) is 9.59 Å². The van der Waals surface area contributed by atoms with Crippen molar-refractivity contribution in [2.24, 2.45) is 5.92 Å². The van der Waals surface area contributed by atoms with E-state index >= 15 is 0 Å². The number of piperidine rings is 1. The van der Waals surface area contributed by atoms with Gasteiger partial charge >= 0.3 is 0 Å². The Morgan fingerprint density at radius 2 is 2.00 bits per heavy atom. The fraction of sp³-hybridized carbons (Fsp3) is 0.600. The molecule has 0 bridgehead atoms. The van der Waals surface area contributed by atoms with Crippen LogP contribution in [0, 0.1) is 5.92 Å². The van der Waals surface area contributed by atoms with Crippen LogP contribution in [0.15, 0.2) is 24.3 Å². The minimum atomic E-state index is -0.0103. The molecule has 0 aromatic heterocycles. The molecule has 2 saturated heterocycles. The summed E-state index contributed by atoms with van der Waals surface area (Å²) in [6.07, 6.45) is 5.53. The molecule has 5 heteroatoms. The van der Waals surface area contributed by atoms with Crippen molar-refractivity contribution < 1.29 is 9.59 Å². The van der Waals surface area contributed by atoms with Crippen molar-refractivity contribution in [2.75, 3.05) is 24.5 Å². The van der Waals surface area contributed by atoms with Gasteiger partial charge < -0.3 is 15.5 Å². The lowest BCUT2D eigenvalue weighted by molar-refractivity contribution is -0.122. The van der Waals surface area contributed by atoms with Crippen LogP contribution in [-0.4, -0.2) is 31.4 Å². The van der Waals surface area contributed by atoms with Crippen molar-refractivity contribution >= 4 is 17.5 Å². The predicted octanol–water partition coefficient (Wildman–Crippen LogP) is 2.77. The van der Waals surface area contributed by atoms with Crippen LogP contribution in [0.2, 0.25) is 0 Å². The van der Waals surface area contributed by atoms with Crippen LogP contribution in [0.3, 0.4) is 0 Å². The van der Waals surface area contributed by atoms with Crippen molar-refractivity contribution in [1.29, 1.82) is 0 Å². The molecule has 1 aromatic rings. The van der Waals surface area contributed by atoms with E-state index < -0.39 is 0 Å². The second-order valence-corrected chi connectivity index (χ2v) is 7.26. The number of nitrogens with one attached hydrogen (secondary N) is 2. The Morgan fingerprint density at radius 1 is 1.28 bits per heavy atom. The zero-order valence-corrected chi connectivity index (χ0v) is 15.1. The van der Waals surface area contributed by atoms with Crippen molar-refractivity contribution in [2.45, 2.75) is 51.5 Å². The second kappa shape index (κ2) is 8.48. The first-order chi connectivity index (χ1) is 12.1. The maximum Gasteiger partial charge on any atom is 0.227 e. The molecule has 1 aromatic carbocycles. The van der Waals surface area contributed by atoms with Crippen LogP contribution in [0.25, 0.3) is 0 Å². The highest BCUT2D eigenvalue weighted by atomic mass is 16.2. The quantitative estimate of drug-likeness (QED) is 0.835. The van der Waals surface area contributed by atoms with Gasteiger partial charge in [0.15, 0.2) is 0 Å². The minimum Gasteiger partial charge on any atom is -0.350 e. The first kappa shape index (κ1) is 17.9. The summed E-state index contributed by atoms with van der Waals surface area (Å²) in [5.74, 6) is 1.01. The largest absolute Gasteiger partial charge is 0.350 e. The van der Waals surface area contributed by atoms with Crippen LogP contribution >= 0.6 is 0 Å². The summed E-state index contributed by atoms with van der Waals surface area (Å²) >= 11 is 0. The van der Waals surface area contributed by atoms with Gasteiger partial charge in [0, 0.05) is 25.1 Å². The number of hydrogen-bond acceptors (Lipinski definition) is 3. The summed E-state index contributed by atoms with van der Waals surface area (Å²) in [5.41, 5.74) is 2.03. The summed E-state index contributed by atoms with van der Waals surface area (Å²) in [6, 6.07) is 7.98. The molecule has 3 rings (SSSR count). The lowest BCUT2D eigenvalue weighted by Gasteiger charge is -2.22. The van der Waals surface area contributed by atoms with Gasteiger partial charge in [-0.3, -0.25) is 9.59 Å². The first-order valence-electron chi connectivity index (χ1n) is 9.54. The second-order valence-electron chi connectivity index (χ2n) is 7.26. The molecule has 1 atom stereocenters. The molecule has 0 saturated carbocycles. The number of nitrogens with zero attached hydrogens (tertiary/aromatic N) is 1. The molecular formula is C20H29N3O2. The van der Waals surface area contributed by atoms with Crippen molar-refractivity contribution in [3.05, 3.63) is 29.8 Å². The maximum atomic E-state index is 12.2. The lowest BCUT2D eigenvalue weighted by atomic mass is 9.93. The molecule has 5 nitrogen and oxygen atoms in total. The summed E-state index contributed by atoms with van der Waals surface area (Å²) in [7, 11) is 0. The van der Waals surface area contributed by atoms with Crippen LogP contribution < -0.4 is 15.5 Å². The standard InChI is InChI=1S/C20H29N3O2/c1-15(22-19(24)9-4-16-10-12-21-13-11-16)17-5-7-18(8-6-17)23-14-2-3-20(23)25/h5-8,15-16,21H,2-4,9-14H2,1H3,(H,22,24). The molecular weight excluding hydrogens is 314 g/mol. The van der Waals surface area contributed by atoms with Crippen LogP contribution in [0.1, 0.15) is 57.1 Å². The number of hydrogen-bond donors (Lipinski definition) is 2. The Balaban J connectivity index is 1.47. The van der Waals surface area contributed by atoms with Gasteiger partial charge in [-0.05, 0) is 69.3 Å². The van der Waals surface area contributed by atoms with Gasteiger partial charge in [-0.2, -0.15) is 0 Å². The zero-order valence-electron chi connectivity index (χ0n) is 15.1. The summed E-state index contributed by atoms with van der Waals surface area (Å²) in [6.45, 7) is 4.97. The Labute approximate surface area is 150 Å². The van der Waals surface area contributed by atoms with Gasteiger partial charge in [-0.25, -0.2) is 0 Å². The highest BCUT2D eigenvalue weighted by Crippen LogP contribution is 2.24. The normalized spacial score (nSPS) is 19.9. The summed E-state index contributed by atoms with van der Waals surface area (Å²) < 4.78 is 0. The number of carbonyl (C=O) groups excluding carboxylic acids is 2. The fourth-order valence-corrected chi connectivity index (χ4v) is 3.77. The highest BCUT2D eigenvalue weighted by Gasteiger charge is 2.22. The molecule has 2 amide bonds. The first-order valence-corrected chi connectivity index (χ1v) is 9.54. The molecule has 2 heterocycles. The van der Waals surface area contributed by atoms with E-state index in [0.29, 0.717) is 18.8 Å². The number of amides is 2. The molecule has 2 aliphatic heterocycles. The number of benzene rings is 1. The van der Waals surface area contributed by atoms with E-state index in [-0.39, 0.29) is 17.9 Å². The Hall–Kier alpha value is -1.88. The van der Waals surface area contributed by atoms with Gasteiger partial charge in [0.1, 0.15) is 0 Å². The van der Waals surface area contributed by atoms with Gasteiger partial charge in [0.05, 0.1) is 6.04 Å². The topological polar surface area (TPSA) is 61.4 Å². The number of anilines is 1. The number of carbonyl (C=O) groups is 2. The SMILES string of the molecule is CC(NC(=O)CCC1CCNCC1)c1ccc(N2CCCC2=O)cc1. The molecule has 2 N–H and O–H groups in total. The summed E-state index contributed by atoms with van der Waals surface area (Å²) in [5, 5.41) is 6.46. The summed E-state index contributed by atoms with van der Waals surface area (Å²) in [4.78, 5) is 25.9. The molecule has 25 heavy (non-hydrogen) atoms. The molecule has 2 fully saturated rings. The van der Waals surface area contributed by atoms with Crippen LogP contribution in [0.5, 0.6) is 0 Å². The average molecular weight is 343 g/mol. The monoisotopic (exact) mass is 343 g/mol. The van der Waals surface area contributed by atoms with E-state index in [2.05, 4.69) is 10.6 Å².